The molecule has 0 radical (unpaired) electrons. The van der Waals surface area contributed by atoms with Crippen molar-refractivity contribution in [2.75, 3.05) is 6.54 Å². The smallest absolute Gasteiger partial charge is 0.311 e. The molecule has 3 rings (SSSR count). The molecule has 24 heavy (non-hydrogen) atoms. The lowest BCUT2D eigenvalue weighted by molar-refractivity contribution is -0.136. The van der Waals surface area contributed by atoms with Crippen LogP contribution in [0.1, 0.15) is 51.7 Å². The van der Waals surface area contributed by atoms with Crippen LogP contribution in [0.3, 0.4) is 0 Å². The maximum Gasteiger partial charge on any atom is 0.311 e. The summed E-state index contributed by atoms with van der Waals surface area (Å²) in [6.45, 7) is 4.49. The lowest BCUT2D eigenvalue weighted by Gasteiger charge is -2.25. The summed E-state index contributed by atoms with van der Waals surface area (Å²) in [7, 11) is 0. The molecular weight excluding hydrogens is 306 g/mol. The Morgan fingerprint density at radius 1 is 1.25 bits per heavy atom. The minimum atomic E-state index is -1.00. The van der Waals surface area contributed by atoms with Crippen LogP contribution < -0.4 is 0 Å². The van der Waals surface area contributed by atoms with Gasteiger partial charge in [0.05, 0.1) is 17.9 Å². The van der Waals surface area contributed by atoms with Gasteiger partial charge in [0.15, 0.2) is 0 Å². The quantitative estimate of drug-likeness (QED) is 0.933. The van der Waals surface area contributed by atoms with Gasteiger partial charge in [-0.2, -0.15) is 0 Å². The van der Waals surface area contributed by atoms with Crippen LogP contribution >= 0.6 is 0 Å². The molecule has 2 heterocycles. The van der Waals surface area contributed by atoms with Crippen LogP contribution in [0.5, 0.6) is 0 Å². The van der Waals surface area contributed by atoms with Crippen molar-refractivity contribution in [2.24, 2.45) is 0 Å². The molecule has 0 bridgehead atoms. The van der Waals surface area contributed by atoms with Crippen LogP contribution in [0.15, 0.2) is 34.9 Å². The Hall–Kier alpha value is -2.56. The van der Waals surface area contributed by atoms with Gasteiger partial charge in [-0.05, 0) is 32.3 Å². The van der Waals surface area contributed by atoms with Crippen molar-refractivity contribution >= 4 is 11.9 Å². The molecular formula is C19H21NO4. The summed E-state index contributed by atoms with van der Waals surface area (Å²) in [5, 5.41) is 9.02. The number of likely N-dealkylation sites (tertiary alicyclic amines) is 1. The Morgan fingerprint density at radius 2 is 1.96 bits per heavy atom. The Kier molecular flexibility index (Phi) is 4.42. The number of rotatable bonds is 4. The molecule has 1 unspecified atom stereocenters. The van der Waals surface area contributed by atoms with Crippen molar-refractivity contribution in [3.05, 3.63) is 58.5 Å². The van der Waals surface area contributed by atoms with Gasteiger partial charge >= 0.3 is 5.97 Å². The second-order valence-corrected chi connectivity index (χ2v) is 6.35. The summed E-state index contributed by atoms with van der Waals surface area (Å²) in [5.74, 6) is -0.907. The standard InChI is InChI=1S/C19H21NO4/c1-12-5-7-14(8-6-12)15-4-3-9-20(15)19(23)18-13(2)11-24-16(18)10-17(21)22/h5-8,11,15H,3-4,9-10H2,1-2H3,(H,21,22). The highest BCUT2D eigenvalue weighted by atomic mass is 16.4. The summed E-state index contributed by atoms with van der Waals surface area (Å²) in [6.07, 6.45) is 3.04. The number of carbonyl (C=O) groups is 2. The third kappa shape index (κ3) is 3.07. The summed E-state index contributed by atoms with van der Waals surface area (Å²) >= 11 is 0. The highest BCUT2D eigenvalue weighted by Gasteiger charge is 2.33. The van der Waals surface area contributed by atoms with Crippen molar-refractivity contribution in [1.29, 1.82) is 0 Å². The Balaban J connectivity index is 1.90. The average molecular weight is 327 g/mol. The Labute approximate surface area is 140 Å². The van der Waals surface area contributed by atoms with Crippen LogP contribution in [0.4, 0.5) is 0 Å². The van der Waals surface area contributed by atoms with E-state index in [1.165, 1.54) is 11.8 Å². The lowest BCUT2D eigenvalue weighted by atomic mass is 10.0. The Morgan fingerprint density at radius 3 is 2.62 bits per heavy atom. The molecule has 1 saturated heterocycles. The van der Waals surface area contributed by atoms with E-state index in [9.17, 15) is 9.59 Å². The Bertz CT molecular complexity index is 760. The highest BCUT2D eigenvalue weighted by Crippen LogP contribution is 2.34. The predicted octanol–water partition coefficient (Wildman–Crippen LogP) is 3.50. The fourth-order valence-corrected chi connectivity index (χ4v) is 3.34. The van der Waals surface area contributed by atoms with E-state index in [0.29, 0.717) is 17.7 Å². The number of aryl methyl sites for hydroxylation is 2. The van der Waals surface area contributed by atoms with Crippen LogP contribution in [-0.4, -0.2) is 28.4 Å². The summed E-state index contributed by atoms with van der Waals surface area (Å²) in [4.78, 5) is 25.9. The van der Waals surface area contributed by atoms with E-state index < -0.39 is 5.97 Å². The number of furan rings is 1. The largest absolute Gasteiger partial charge is 0.481 e. The molecule has 0 saturated carbocycles. The van der Waals surface area contributed by atoms with E-state index in [1.54, 1.807) is 6.92 Å². The molecule has 2 aromatic rings. The summed E-state index contributed by atoms with van der Waals surface area (Å²) < 4.78 is 5.32. The monoisotopic (exact) mass is 327 g/mol. The molecule has 5 nitrogen and oxygen atoms in total. The predicted molar refractivity (Wildman–Crippen MR) is 89.0 cm³/mol. The number of benzene rings is 1. The van der Waals surface area contributed by atoms with Gasteiger partial charge in [0.25, 0.3) is 5.91 Å². The molecule has 1 fully saturated rings. The first-order chi connectivity index (χ1) is 11.5. The van der Waals surface area contributed by atoms with Crippen molar-refractivity contribution < 1.29 is 19.1 Å². The first kappa shape index (κ1) is 16.3. The third-order valence-electron chi connectivity index (χ3n) is 4.55. The van der Waals surface area contributed by atoms with Crippen molar-refractivity contribution in [3.8, 4) is 0 Å². The maximum atomic E-state index is 13.1. The van der Waals surface area contributed by atoms with E-state index >= 15 is 0 Å². The number of hydrogen-bond acceptors (Lipinski definition) is 3. The zero-order valence-corrected chi connectivity index (χ0v) is 13.9. The number of nitrogens with zero attached hydrogens (tertiary/aromatic N) is 1. The zero-order chi connectivity index (χ0) is 17.3. The molecule has 5 heteroatoms. The van der Waals surface area contributed by atoms with E-state index in [4.69, 9.17) is 9.52 Å². The molecule has 1 amide bonds. The zero-order valence-electron chi connectivity index (χ0n) is 13.9. The van der Waals surface area contributed by atoms with Gasteiger partial charge in [-0.25, -0.2) is 0 Å². The van der Waals surface area contributed by atoms with Gasteiger partial charge in [-0.1, -0.05) is 29.8 Å². The average Bonchev–Trinajstić information content (AvgIpc) is 3.14. The fraction of sp³-hybridized carbons (Fsp3) is 0.368. The first-order valence-corrected chi connectivity index (χ1v) is 8.13. The lowest BCUT2D eigenvalue weighted by Crippen LogP contribution is -2.31. The molecule has 0 spiro atoms. The van der Waals surface area contributed by atoms with Gasteiger partial charge in [-0.15, -0.1) is 0 Å². The number of carbonyl (C=O) groups excluding carboxylic acids is 1. The molecule has 1 aromatic carbocycles. The molecule has 1 N–H and O–H groups in total. The number of hydrogen-bond donors (Lipinski definition) is 1. The topological polar surface area (TPSA) is 70.8 Å². The van der Waals surface area contributed by atoms with Crippen LogP contribution in [-0.2, 0) is 11.2 Å². The van der Waals surface area contributed by atoms with E-state index in [2.05, 4.69) is 24.3 Å². The highest BCUT2D eigenvalue weighted by molar-refractivity contribution is 5.97. The third-order valence-corrected chi connectivity index (χ3v) is 4.55. The van der Waals surface area contributed by atoms with E-state index in [1.807, 2.05) is 11.8 Å². The fourth-order valence-electron chi connectivity index (χ4n) is 3.34. The van der Waals surface area contributed by atoms with Crippen LogP contribution in [0, 0.1) is 13.8 Å². The molecule has 0 aliphatic carbocycles. The maximum absolute atomic E-state index is 13.1. The van der Waals surface area contributed by atoms with Crippen LogP contribution in [0.25, 0.3) is 0 Å². The normalized spacial score (nSPS) is 17.2. The minimum Gasteiger partial charge on any atom is -0.481 e. The number of aliphatic carboxylic acids is 1. The van der Waals surface area contributed by atoms with E-state index in [-0.39, 0.29) is 24.1 Å². The van der Waals surface area contributed by atoms with Crippen molar-refractivity contribution in [2.45, 2.75) is 39.2 Å². The summed E-state index contributed by atoms with van der Waals surface area (Å²) in [6, 6.07) is 8.26. The molecule has 1 aliphatic heterocycles. The molecule has 1 aromatic heterocycles. The SMILES string of the molecule is Cc1ccc(C2CCCN2C(=O)c2c(C)coc2CC(=O)O)cc1. The second-order valence-electron chi connectivity index (χ2n) is 6.35. The van der Waals surface area contributed by atoms with Gasteiger partial charge in [0.1, 0.15) is 12.2 Å². The van der Waals surface area contributed by atoms with Gasteiger partial charge in [0, 0.05) is 12.1 Å². The van der Waals surface area contributed by atoms with Gasteiger partial charge in [-0.3, -0.25) is 9.59 Å². The van der Waals surface area contributed by atoms with Gasteiger partial charge < -0.3 is 14.4 Å². The minimum absolute atomic E-state index is 0.0325. The number of carboxylic acid groups (broad SMARTS) is 1. The molecule has 126 valence electrons. The number of amides is 1. The molecule has 1 atom stereocenters. The summed E-state index contributed by atoms with van der Waals surface area (Å²) in [5.41, 5.74) is 3.39. The van der Waals surface area contributed by atoms with Crippen LogP contribution in [0.2, 0.25) is 0 Å². The first-order valence-electron chi connectivity index (χ1n) is 8.13. The second kappa shape index (κ2) is 6.51. The van der Waals surface area contributed by atoms with Crippen molar-refractivity contribution in [3.63, 3.8) is 0 Å². The number of carboxylic acids is 1. The molecule has 1 aliphatic rings. The van der Waals surface area contributed by atoms with Crippen molar-refractivity contribution in [1.82, 2.24) is 4.90 Å². The van der Waals surface area contributed by atoms with E-state index in [0.717, 1.165) is 18.4 Å². The van der Waals surface area contributed by atoms with Gasteiger partial charge in [0.2, 0.25) is 0 Å².